The van der Waals surface area contributed by atoms with E-state index in [-0.39, 0.29) is 13.1 Å². The summed E-state index contributed by atoms with van der Waals surface area (Å²) >= 11 is 0. The van der Waals surface area contributed by atoms with Crippen LogP contribution in [0.2, 0.25) is 0 Å². The van der Waals surface area contributed by atoms with Crippen molar-refractivity contribution in [2.45, 2.75) is 12.1 Å². The Morgan fingerprint density at radius 1 is 1.41 bits per heavy atom. The number of sulfonamides is 1. The van der Waals surface area contributed by atoms with E-state index < -0.39 is 40.5 Å². The molecule has 0 unspecified atom stereocenters. The maximum Gasteiger partial charge on any atom is 0.324 e. The van der Waals surface area contributed by atoms with Gasteiger partial charge in [0.2, 0.25) is 15.9 Å². The molecule has 0 aromatic heterocycles. The van der Waals surface area contributed by atoms with Gasteiger partial charge in [0.1, 0.15) is 11.8 Å². The fourth-order valence-corrected chi connectivity index (χ4v) is 3.97. The molecule has 0 spiro atoms. The van der Waals surface area contributed by atoms with E-state index in [0.717, 1.165) is 6.26 Å². The quantitative estimate of drug-likeness (QED) is 0.404. The highest BCUT2D eigenvalue weighted by Crippen LogP contribution is 2.34. The van der Waals surface area contributed by atoms with Crippen LogP contribution in [0.5, 0.6) is 5.75 Å². The first-order chi connectivity index (χ1) is 12.7. The number of piperazine rings is 1. The average molecular weight is 397 g/mol. The van der Waals surface area contributed by atoms with Crippen LogP contribution in [0.1, 0.15) is 11.6 Å². The van der Waals surface area contributed by atoms with E-state index in [4.69, 9.17) is 10.3 Å². The first-order valence-electron chi connectivity index (χ1n) is 7.84. The van der Waals surface area contributed by atoms with E-state index >= 15 is 0 Å². The first-order valence-corrected chi connectivity index (χ1v) is 9.69. The van der Waals surface area contributed by atoms with Crippen LogP contribution in [0.4, 0.5) is 0 Å². The van der Waals surface area contributed by atoms with Crippen molar-refractivity contribution in [1.29, 1.82) is 0 Å². The molecular formula is C15H19N5O6S. The number of amides is 1. The summed E-state index contributed by atoms with van der Waals surface area (Å²) in [7, 11) is -2.49. The van der Waals surface area contributed by atoms with Gasteiger partial charge in [0.15, 0.2) is 0 Å². The van der Waals surface area contributed by atoms with Gasteiger partial charge >= 0.3 is 5.97 Å². The fraction of sp³-hybridized carbons (Fsp3) is 0.467. The molecular weight excluding hydrogens is 378 g/mol. The highest BCUT2D eigenvalue weighted by molar-refractivity contribution is 7.88. The molecule has 146 valence electrons. The zero-order valence-corrected chi connectivity index (χ0v) is 15.5. The molecule has 12 heteroatoms. The van der Waals surface area contributed by atoms with Crippen LogP contribution in [0.15, 0.2) is 29.4 Å². The standard InChI is InChI=1S/C15H19N5O6S/c1-26-11-5-3-10(4-6-11)13-14(15(22)23)20(27(2,24)25)9-12(21)19(13)8-7-17-18-16/h3-6,13-14H,7-9H2,1-2H3,(H,22,23)/t13-,14+/m1/s1. The van der Waals surface area contributed by atoms with E-state index in [1.54, 1.807) is 24.3 Å². The molecule has 1 aliphatic rings. The second-order valence-corrected chi connectivity index (χ2v) is 7.79. The number of hydrogen-bond donors (Lipinski definition) is 1. The predicted octanol–water partition coefficient (Wildman–Crippen LogP) is 0.604. The fourth-order valence-electron chi connectivity index (χ4n) is 3.01. The minimum Gasteiger partial charge on any atom is -0.497 e. The van der Waals surface area contributed by atoms with E-state index in [9.17, 15) is 23.1 Å². The van der Waals surface area contributed by atoms with Crippen molar-refractivity contribution in [3.63, 3.8) is 0 Å². The Morgan fingerprint density at radius 3 is 2.52 bits per heavy atom. The molecule has 0 saturated carbocycles. The number of ether oxygens (including phenoxy) is 1. The van der Waals surface area contributed by atoms with Crippen molar-refractivity contribution in [2.75, 3.05) is 33.0 Å². The number of carbonyl (C=O) groups is 2. The number of carboxylic acids is 1. The van der Waals surface area contributed by atoms with Gasteiger partial charge in [-0.05, 0) is 23.2 Å². The number of azide groups is 1. The lowest BCUT2D eigenvalue weighted by atomic mass is 9.94. The summed E-state index contributed by atoms with van der Waals surface area (Å²) in [6, 6.07) is 3.71. The normalized spacial score (nSPS) is 20.8. The summed E-state index contributed by atoms with van der Waals surface area (Å²) in [6.45, 7) is -0.709. The minimum absolute atomic E-state index is 0.0407. The maximum absolute atomic E-state index is 12.6. The van der Waals surface area contributed by atoms with E-state index in [1.165, 1.54) is 12.0 Å². The van der Waals surface area contributed by atoms with E-state index in [0.29, 0.717) is 15.6 Å². The van der Waals surface area contributed by atoms with Crippen LogP contribution >= 0.6 is 0 Å². The number of benzene rings is 1. The Balaban J connectivity index is 2.56. The Labute approximate surface area is 155 Å². The van der Waals surface area contributed by atoms with Crippen molar-refractivity contribution in [3.8, 4) is 5.75 Å². The molecule has 27 heavy (non-hydrogen) atoms. The number of aliphatic carboxylic acids is 1. The SMILES string of the molecule is COc1ccc([C@@H]2[C@@H](C(=O)O)N(S(C)(=O)=O)CC(=O)N2CCN=[N+]=[N-])cc1. The third kappa shape index (κ3) is 4.48. The molecule has 1 heterocycles. The Kier molecular flexibility index (Phi) is 6.26. The maximum atomic E-state index is 12.6. The highest BCUT2D eigenvalue weighted by atomic mass is 32.2. The van der Waals surface area contributed by atoms with Gasteiger partial charge in [-0.2, -0.15) is 4.31 Å². The van der Waals surface area contributed by atoms with Gasteiger partial charge in [-0.15, -0.1) is 0 Å². The molecule has 1 aromatic rings. The second kappa shape index (κ2) is 8.25. The number of hydrogen-bond acceptors (Lipinski definition) is 6. The third-order valence-corrected chi connectivity index (χ3v) is 5.41. The molecule has 1 aliphatic heterocycles. The van der Waals surface area contributed by atoms with Crippen LogP contribution in [-0.4, -0.2) is 73.6 Å². The summed E-state index contributed by atoms with van der Waals surface area (Å²) in [5.74, 6) is -1.44. The van der Waals surface area contributed by atoms with Crippen LogP contribution < -0.4 is 4.74 Å². The molecule has 1 saturated heterocycles. The summed E-state index contributed by atoms with van der Waals surface area (Å²) in [5, 5.41) is 13.1. The smallest absolute Gasteiger partial charge is 0.324 e. The lowest BCUT2D eigenvalue weighted by Gasteiger charge is -2.44. The Morgan fingerprint density at radius 2 is 2.04 bits per heavy atom. The lowest BCUT2D eigenvalue weighted by Crippen LogP contribution is -2.62. The molecule has 2 atom stereocenters. The van der Waals surface area contributed by atoms with Gasteiger partial charge in [0.25, 0.3) is 0 Å². The van der Waals surface area contributed by atoms with Crippen LogP contribution in [0, 0.1) is 0 Å². The molecule has 0 aliphatic carbocycles. The first kappa shape index (κ1) is 20.5. The molecule has 2 rings (SSSR count). The van der Waals surface area contributed by atoms with E-state index in [1.807, 2.05) is 0 Å². The minimum atomic E-state index is -3.96. The third-order valence-electron chi connectivity index (χ3n) is 4.20. The number of carbonyl (C=O) groups excluding carboxylic acids is 1. The largest absolute Gasteiger partial charge is 0.497 e. The number of nitrogens with zero attached hydrogens (tertiary/aromatic N) is 5. The van der Waals surface area contributed by atoms with E-state index in [2.05, 4.69) is 10.0 Å². The Bertz CT molecular complexity index is 865. The van der Waals surface area contributed by atoms with Crippen molar-refractivity contribution >= 4 is 21.9 Å². The van der Waals surface area contributed by atoms with Crippen molar-refractivity contribution in [1.82, 2.24) is 9.21 Å². The predicted molar refractivity (Wildman–Crippen MR) is 94.4 cm³/mol. The van der Waals surface area contributed by atoms with Crippen LogP contribution in [0.25, 0.3) is 10.4 Å². The van der Waals surface area contributed by atoms with Crippen LogP contribution in [0.3, 0.4) is 0 Å². The van der Waals surface area contributed by atoms with Crippen molar-refractivity contribution in [3.05, 3.63) is 40.3 Å². The van der Waals surface area contributed by atoms with Gasteiger partial charge in [0, 0.05) is 18.0 Å². The molecule has 1 fully saturated rings. The highest BCUT2D eigenvalue weighted by Gasteiger charge is 2.48. The molecule has 11 nitrogen and oxygen atoms in total. The van der Waals surface area contributed by atoms with Gasteiger partial charge in [-0.25, -0.2) is 8.42 Å². The zero-order valence-electron chi connectivity index (χ0n) is 14.7. The van der Waals surface area contributed by atoms with Crippen molar-refractivity contribution in [2.24, 2.45) is 5.11 Å². The number of rotatable bonds is 7. The second-order valence-electron chi connectivity index (χ2n) is 5.85. The van der Waals surface area contributed by atoms with Gasteiger partial charge < -0.3 is 14.7 Å². The molecule has 0 bridgehead atoms. The zero-order chi connectivity index (χ0) is 20.2. The van der Waals surface area contributed by atoms with Gasteiger partial charge in [-0.3, -0.25) is 9.59 Å². The molecule has 1 N–H and O–H groups in total. The van der Waals surface area contributed by atoms with Crippen LogP contribution in [-0.2, 0) is 19.6 Å². The monoisotopic (exact) mass is 397 g/mol. The average Bonchev–Trinajstić information content (AvgIpc) is 2.61. The molecule has 1 amide bonds. The lowest BCUT2D eigenvalue weighted by molar-refractivity contribution is -0.152. The summed E-state index contributed by atoms with van der Waals surface area (Å²) in [4.78, 5) is 28.4. The summed E-state index contributed by atoms with van der Waals surface area (Å²) in [5.41, 5.74) is 8.87. The summed E-state index contributed by atoms with van der Waals surface area (Å²) < 4.78 is 29.9. The molecule has 1 aromatic carbocycles. The number of methoxy groups -OCH3 is 1. The van der Waals surface area contributed by atoms with Gasteiger partial charge in [0.05, 0.1) is 26.0 Å². The van der Waals surface area contributed by atoms with Gasteiger partial charge in [-0.1, -0.05) is 17.2 Å². The van der Waals surface area contributed by atoms with Crippen molar-refractivity contribution < 1.29 is 27.9 Å². The molecule has 0 radical (unpaired) electrons. The summed E-state index contributed by atoms with van der Waals surface area (Å²) in [6.07, 6.45) is 0.858. The Hall–Kier alpha value is -2.82. The topological polar surface area (TPSA) is 153 Å². The number of carboxylic acid groups (broad SMARTS) is 1.